The maximum atomic E-state index is 6.05. The highest BCUT2D eigenvalue weighted by atomic mass is 16.5. The zero-order valence-corrected chi connectivity index (χ0v) is 13.6. The zero-order valence-electron chi connectivity index (χ0n) is 13.6. The van der Waals surface area contributed by atoms with Crippen molar-refractivity contribution in [1.29, 1.82) is 0 Å². The van der Waals surface area contributed by atoms with E-state index in [1.165, 1.54) is 0 Å². The van der Waals surface area contributed by atoms with Gasteiger partial charge in [-0.1, -0.05) is 27.2 Å². The highest BCUT2D eigenvalue weighted by Crippen LogP contribution is 2.21. The van der Waals surface area contributed by atoms with Crippen LogP contribution in [0.5, 0.6) is 0 Å². The third-order valence-corrected chi connectivity index (χ3v) is 3.61. The standard InChI is InChI=1S/C15H27N5O/c1-5-6-12-13-14(19(4)18-12)20(15(16)17-13)8-10-21-9-7-11(2)3/h11H,5-10H2,1-4H3,(H2,16,17). The molecule has 0 atom stereocenters. The highest BCUT2D eigenvalue weighted by Gasteiger charge is 2.17. The molecule has 2 heterocycles. The second kappa shape index (κ2) is 6.93. The lowest BCUT2D eigenvalue weighted by molar-refractivity contribution is 0.117. The molecule has 0 unspecified atom stereocenters. The SMILES string of the molecule is CCCc1nn(C)c2c1nc(N)n2CCOCCC(C)C. The Hall–Kier alpha value is -1.56. The fraction of sp³-hybridized carbons (Fsp3) is 0.733. The lowest BCUT2D eigenvalue weighted by Crippen LogP contribution is -2.12. The molecular weight excluding hydrogens is 266 g/mol. The minimum Gasteiger partial charge on any atom is -0.380 e. The Balaban J connectivity index is 2.07. The van der Waals surface area contributed by atoms with Crippen molar-refractivity contribution in [2.45, 2.75) is 46.6 Å². The van der Waals surface area contributed by atoms with Crippen LogP contribution in [0.25, 0.3) is 11.2 Å². The van der Waals surface area contributed by atoms with E-state index in [4.69, 9.17) is 10.5 Å². The predicted octanol–water partition coefficient (Wildman–Crippen LogP) is 2.37. The van der Waals surface area contributed by atoms with E-state index >= 15 is 0 Å². The molecule has 0 amide bonds. The van der Waals surface area contributed by atoms with Crippen LogP contribution in [-0.4, -0.2) is 32.5 Å². The van der Waals surface area contributed by atoms with Crippen molar-refractivity contribution >= 4 is 17.1 Å². The summed E-state index contributed by atoms with van der Waals surface area (Å²) in [5, 5.41) is 4.55. The summed E-state index contributed by atoms with van der Waals surface area (Å²) in [6.45, 7) is 8.70. The Morgan fingerprint density at radius 2 is 2.05 bits per heavy atom. The average molecular weight is 293 g/mol. The van der Waals surface area contributed by atoms with E-state index in [1.54, 1.807) is 0 Å². The Morgan fingerprint density at radius 1 is 1.29 bits per heavy atom. The highest BCUT2D eigenvalue weighted by molar-refractivity contribution is 5.77. The molecule has 2 rings (SSSR count). The topological polar surface area (TPSA) is 70.9 Å². The van der Waals surface area contributed by atoms with E-state index in [9.17, 15) is 0 Å². The Kier molecular flexibility index (Phi) is 5.22. The van der Waals surface area contributed by atoms with Gasteiger partial charge < -0.3 is 10.5 Å². The third kappa shape index (κ3) is 3.56. The number of hydrogen-bond donors (Lipinski definition) is 1. The van der Waals surface area contributed by atoms with Gasteiger partial charge >= 0.3 is 0 Å². The molecule has 6 nitrogen and oxygen atoms in total. The van der Waals surface area contributed by atoms with Gasteiger partial charge in [0, 0.05) is 13.7 Å². The summed E-state index contributed by atoms with van der Waals surface area (Å²) in [5.74, 6) is 1.21. The van der Waals surface area contributed by atoms with Crippen LogP contribution < -0.4 is 5.73 Å². The number of aryl methyl sites for hydroxylation is 2. The van der Waals surface area contributed by atoms with Gasteiger partial charge in [0.1, 0.15) is 5.52 Å². The van der Waals surface area contributed by atoms with E-state index in [1.807, 2.05) is 16.3 Å². The Labute approximate surface area is 126 Å². The molecule has 0 saturated carbocycles. The molecule has 0 aromatic carbocycles. The number of anilines is 1. The van der Waals surface area contributed by atoms with Crippen LogP contribution in [0.2, 0.25) is 0 Å². The van der Waals surface area contributed by atoms with Gasteiger partial charge in [0.05, 0.1) is 18.8 Å². The molecule has 0 aliphatic rings. The molecule has 2 aromatic rings. The summed E-state index contributed by atoms with van der Waals surface area (Å²) in [6.07, 6.45) is 3.07. The number of rotatable bonds is 8. The molecule has 2 N–H and O–H groups in total. The summed E-state index contributed by atoms with van der Waals surface area (Å²) in [4.78, 5) is 4.48. The molecule has 0 spiro atoms. The number of nitrogens with two attached hydrogens (primary N) is 1. The van der Waals surface area contributed by atoms with Crippen molar-refractivity contribution in [3.8, 4) is 0 Å². The number of hydrogen-bond acceptors (Lipinski definition) is 4. The maximum absolute atomic E-state index is 6.05. The number of aromatic nitrogens is 4. The van der Waals surface area contributed by atoms with Crippen molar-refractivity contribution in [2.75, 3.05) is 18.9 Å². The van der Waals surface area contributed by atoms with Crippen molar-refractivity contribution in [2.24, 2.45) is 13.0 Å². The van der Waals surface area contributed by atoms with Gasteiger partial charge in [-0.15, -0.1) is 0 Å². The summed E-state index contributed by atoms with van der Waals surface area (Å²) < 4.78 is 9.55. The second-order valence-corrected chi connectivity index (χ2v) is 5.91. The molecule has 0 fully saturated rings. The second-order valence-electron chi connectivity index (χ2n) is 5.91. The average Bonchev–Trinajstić information content (AvgIpc) is 2.88. The van der Waals surface area contributed by atoms with E-state index in [0.29, 0.717) is 25.0 Å². The van der Waals surface area contributed by atoms with E-state index in [-0.39, 0.29) is 0 Å². The zero-order chi connectivity index (χ0) is 15.4. The van der Waals surface area contributed by atoms with Crippen molar-refractivity contribution in [3.05, 3.63) is 5.69 Å². The van der Waals surface area contributed by atoms with Gasteiger partial charge in [-0.25, -0.2) is 4.98 Å². The lowest BCUT2D eigenvalue weighted by atomic mass is 10.1. The van der Waals surface area contributed by atoms with Gasteiger partial charge in [0.2, 0.25) is 5.95 Å². The van der Waals surface area contributed by atoms with Crippen molar-refractivity contribution < 1.29 is 4.74 Å². The smallest absolute Gasteiger partial charge is 0.202 e. The molecule has 0 radical (unpaired) electrons. The molecule has 2 aromatic heterocycles. The maximum Gasteiger partial charge on any atom is 0.202 e. The normalized spacial score (nSPS) is 11.9. The summed E-state index contributed by atoms with van der Waals surface area (Å²) >= 11 is 0. The molecular formula is C15H27N5O. The largest absolute Gasteiger partial charge is 0.380 e. The van der Waals surface area contributed by atoms with Crippen LogP contribution in [0, 0.1) is 5.92 Å². The Morgan fingerprint density at radius 3 is 2.71 bits per heavy atom. The fourth-order valence-corrected chi connectivity index (χ4v) is 2.46. The summed E-state index contributed by atoms with van der Waals surface area (Å²) in [5.41, 5.74) is 9.00. The predicted molar refractivity (Wildman–Crippen MR) is 85.2 cm³/mol. The molecule has 6 heteroatoms. The van der Waals surface area contributed by atoms with Crippen LogP contribution in [-0.2, 0) is 24.8 Å². The number of nitrogens with zero attached hydrogens (tertiary/aromatic N) is 4. The van der Waals surface area contributed by atoms with Crippen molar-refractivity contribution in [1.82, 2.24) is 19.3 Å². The van der Waals surface area contributed by atoms with Crippen LogP contribution >= 0.6 is 0 Å². The number of ether oxygens (including phenoxy) is 1. The van der Waals surface area contributed by atoms with Crippen LogP contribution in [0.15, 0.2) is 0 Å². The fourth-order valence-electron chi connectivity index (χ4n) is 2.46. The van der Waals surface area contributed by atoms with E-state index < -0.39 is 0 Å². The van der Waals surface area contributed by atoms with Crippen LogP contribution in [0.3, 0.4) is 0 Å². The Bertz CT molecular complexity index is 584. The number of fused-ring (bicyclic) bond motifs is 1. The number of imidazole rings is 1. The quantitative estimate of drug-likeness (QED) is 0.758. The first-order valence-electron chi connectivity index (χ1n) is 7.79. The summed E-state index contributed by atoms with van der Waals surface area (Å²) in [7, 11) is 1.94. The van der Waals surface area contributed by atoms with Gasteiger partial charge in [-0.3, -0.25) is 9.25 Å². The first-order valence-corrected chi connectivity index (χ1v) is 7.79. The van der Waals surface area contributed by atoms with Gasteiger partial charge in [-0.05, 0) is 18.8 Å². The van der Waals surface area contributed by atoms with Gasteiger partial charge in [0.25, 0.3) is 0 Å². The molecule has 118 valence electrons. The third-order valence-electron chi connectivity index (χ3n) is 3.61. The van der Waals surface area contributed by atoms with E-state index in [0.717, 1.165) is 42.7 Å². The van der Waals surface area contributed by atoms with Crippen molar-refractivity contribution in [3.63, 3.8) is 0 Å². The van der Waals surface area contributed by atoms with Gasteiger partial charge in [-0.2, -0.15) is 5.10 Å². The molecule has 0 saturated heterocycles. The minimum absolute atomic E-state index is 0.544. The van der Waals surface area contributed by atoms with Gasteiger partial charge in [0.15, 0.2) is 5.65 Å². The minimum atomic E-state index is 0.544. The number of nitrogen functional groups attached to an aromatic ring is 1. The monoisotopic (exact) mass is 293 g/mol. The molecule has 0 bridgehead atoms. The van der Waals surface area contributed by atoms with Crippen LogP contribution in [0.4, 0.5) is 5.95 Å². The molecule has 0 aliphatic heterocycles. The first kappa shape index (κ1) is 15.8. The van der Waals surface area contributed by atoms with E-state index in [2.05, 4.69) is 30.9 Å². The molecule has 21 heavy (non-hydrogen) atoms. The first-order chi connectivity index (χ1) is 10.0. The molecule has 0 aliphatic carbocycles. The van der Waals surface area contributed by atoms with Crippen LogP contribution in [0.1, 0.15) is 39.3 Å². The lowest BCUT2D eigenvalue weighted by Gasteiger charge is -2.09. The summed E-state index contributed by atoms with van der Waals surface area (Å²) in [6, 6.07) is 0.